The highest BCUT2D eigenvalue weighted by Crippen LogP contribution is 2.33. The van der Waals surface area contributed by atoms with Crippen molar-refractivity contribution in [3.05, 3.63) is 23.9 Å². The van der Waals surface area contributed by atoms with Crippen molar-refractivity contribution in [1.29, 1.82) is 0 Å². The van der Waals surface area contributed by atoms with Crippen molar-refractivity contribution in [2.45, 2.75) is 55.8 Å². The molecule has 100 valence electrons. The Morgan fingerprint density at radius 3 is 2.61 bits per heavy atom. The van der Waals surface area contributed by atoms with Crippen LogP contribution in [0.4, 0.5) is 0 Å². The van der Waals surface area contributed by atoms with Crippen molar-refractivity contribution in [3.63, 3.8) is 0 Å². The second-order valence-corrected chi connectivity index (χ2v) is 7.98. The number of hydrogen-bond acceptors (Lipinski definition) is 3. The van der Waals surface area contributed by atoms with Gasteiger partial charge in [-0.2, -0.15) is 0 Å². The van der Waals surface area contributed by atoms with E-state index in [9.17, 15) is 0 Å². The summed E-state index contributed by atoms with van der Waals surface area (Å²) in [4.78, 5) is 7.07. The van der Waals surface area contributed by atoms with Gasteiger partial charge < -0.3 is 0 Å². The lowest BCUT2D eigenvalue weighted by Gasteiger charge is -2.32. The van der Waals surface area contributed by atoms with E-state index in [2.05, 4.69) is 56.0 Å². The summed E-state index contributed by atoms with van der Waals surface area (Å²) in [7, 11) is 2.22. The Morgan fingerprint density at radius 1 is 1.28 bits per heavy atom. The molecule has 0 aliphatic carbocycles. The minimum Gasteiger partial charge on any atom is -0.299 e. The van der Waals surface area contributed by atoms with Crippen molar-refractivity contribution in [2.75, 3.05) is 13.6 Å². The van der Waals surface area contributed by atoms with Crippen LogP contribution in [-0.4, -0.2) is 28.2 Å². The predicted octanol–water partition coefficient (Wildman–Crippen LogP) is 4.13. The third kappa shape index (κ3) is 3.72. The van der Waals surface area contributed by atoms with E-state index in [1.807, 2.05) is 11.8 Å². The molecule has 0 radical (unpaired) electrons. The molecule has 1 fully saturated rings. The highest BCUT2D eigenvalue weighted by molar-refractivity contribution is 8.00. The van der Waals surface area contributed by atoms with E-state index in [-0.39, 0.29) is 4.75 Å². The average Bonchev–Trinajstić information content (AvgIpc) is 2.29. The number of likely N-dealkylation sites (tertiary alicyclic amines) is 1. The second-order valence-electron chi connectivity index (χ2n) is 6.14. The van der Waals surface area contributed by atoms with Crippen LogP contribution in [-0.2, 0) is 0 Å². The van der Waals surface area contributed by atoms with Gasteiger partial charge in [-0.3, -0.25) is 4.90 Å². The first-order valence-corrected chi connectivity index (χ1v) is 7.62. The largest absolute Gasteiger partial charge is 0.299 e. The molecule has 18 heavy (non-hydrogen) atoms. The van der Waals surface area contributed by atoms with Gasteiger partial charge in [-0.1, -0.05) is 33.3 Å². The summed E-state index contributed by atoms with van der Waals surface area (Å²) in [6, 6.07) is 5.00. The number of hydrogen-bond donors (Lipinski definition) is 0. The first-order valence-electron chi connectivity index (χ1n) is 6.81. The third-order valence-electron chi connectivity index (χ3n) is 3.33. The molecule has 1 aliphatic rings. The van der Waals surface area contributed by atoms with Crippen LogP contribution in [0.15, 0.2) is 23.4 Å². The van der Waals surface area contributed by atoms with E-state index in [1.165, 1.54) is 31.4 Å². The van der Waals surface area contributed by atoms with Gasteiger partial charge in [0, 0.05) is 17.0 Å². The van der Waals surface area contributed by atoms with Gasteiger partial charge in [0.05, 0.1) is 5.03 Å². The van der Waals surface area contributed by atoms with Gasteiger partial charge in [0.2, 0.25) is 0 Å². The number of rotatable bonds is 2. The zero-order valence-electron chi connectivity index (χ0n) is 11.9. The molecule has 0 aromatic carbocycles. The van der Waals surface area contributed by atoms with Crippen molar-refractivity contribution < 1.29 is 0 Å². The first kappa shape index (κ1) is 13.9. The second kappa shape index (κ2) is 5.62. The third-order valence-corrected chi connectivity index (χ3v) is 4.39. The highest BCUT2D eigenvalue weighted by Gasteiger charge is 2.21. The standard InChI is InChI=1S/C15H24N2S/c1-15(2,3)18-14-9-8-12(11-16-14)13-7-5-6-10-17(13)4/h8-9,11,13H,5-7,10H2,1-4H3/t13-/m1/s1. The van der Waals surface area contributed by atoms with Crippen LogP contribution in [0.25, 0.3) is 0 Å². The Morgan fingerprint density at radius 2 is 2.06 bits per heavy atom. The summed E-state index contributed by atoms with van der Waals surface area (Å²) in [6.45, 7) is 7.88. The van der Waals surface area contributed by atoms with E-state index < -0.39 is 0 Å². The lowest BCUT2D eigenvalue weighted by atomic mass is 9.97. The first-order chi connectivity index (χ1) is 8.46. The normalized spacial score (nSPS) is 22.1. The van der Waals surface area contributed by atoms with E-state index in [1.54, 1.807) is 0 Å². The molecular formula is C15H24N2S. The van der Waals surface area contributed by atoms with Crippen LogP contribution >= 0.6 is 11.8 Å². The minimum atomic E-state index is 0.232. The molecule has 0 bridgehead atoms. The quantitative estimate of drug-likeness (QED) is 0.747. The lowest BCUT2D eigenvalue weighted by molar-refractivity contribution is 0.187. The van der Waals surface area contributed by atoms with Crippen LogP contribution < -0.4 is 0 Å². The van der Waals surface area contributed by atoms with Crippen LogP contribution in [0.5, 0.6) is 0 Å². The molecule has 0 unspecified atom stereocenters. The molecule has 1 atom stereocenters. The van der Waals surface area contributed by atoms with Crippen molar-refractivity contribution in [2.24, 2.45) is 0 Å². The van der Waals surface area contributed by atoms with Gasteiger partial charge in [-0.25, -0.2) is 4.98 Å². The summed E-state index contributed by atoms with van der Waals surface area (Å²) < 4.78 is 0.232. The summed E-state index contributed by atoms with van der Waals surface area (Å²) in [5, 5.41) is 1.13. The monoisotopic (exact) mass is 264 g/mol. The molecule has 1 saturated heterocycles. The van der Waals surface area contributed by atoms with Gasteiger partial charge in [0.15, 0.2) is 0 Å². The van der Waals surface area contributed by atoms with Crippen molar-refractivity contribution >= 4 is 11.8 Å². The van der Waals surface area contributed by atoms with Crippen LogP contribution in [0, 0.1) is 0 Å². The molecule has 2 rings (SSSR count). The SMILES string of the molecule is CN1CCCC[C@@H]1c1ccc(SC(C)(C)C)nc1. The number of aromatic nitrogens is 1. The van der Waals surface area contributed by atoms with Crippen LogP contribution in [0.3, 0.4) is 0 Å². The Bertz CT molecular complexity index is 380. The minimum absolute atomic E-state index is 0.232. The fourth-order valence-electron chi connectivity index (χ4n) is 2.46. The maximum absolute atomic E-state index is 4.61. The smallest absolute Gasteiger partial charge is 0.0965 e. The molecule has 0 amide bonds. The molecule has 0 saturated carbocycles. The Balaban J connectivity index is 2.07. The molecule has 1 aromatic rings. The Hall–Kier alpha value is -0.540. The number of thioether (sulfide) groups is 1. The van der Waals surface area contributed by atoms with Crippen molar-refractivity contribution in [3.8, 4) is 0 Å². The van der Waals surface area contributed by atoms with Crippen LogP contribution in [0.2, 0.25) is 0 Å². The average molecular weight is 264 g/mol. The van der Waals surface area contributed by atoms with Gasteiger partial charge in [0.1, 0.15) is 0 Å². The van der Waals surface area contributed by atoms with E-state index in [0.717, 1.165) is 5.03 Å². The summed E-state index contributed by atoms with van der Waals surface area (Å²) >= 11 is 1.83. The highest BCUT2D eigenvalue weighted by atomic mass is 32.2. The molecule has 0 N–H and O–H groups in total. The molecule has 2 nitrogen and oxygen atoms in total. The lowest BCUT2D eigenvalue weighted by Crippen LogP contribution is -2.29. The number of pyridine rings is 1. The van der Waals surface area contributed by atoms with Gasteiger partial charge in [-0.15, -0.1) is 11.8 Å². The summed E-state index contributed by atoms with van der Waals surface area (Å²) in [6.07, 6.45) is 6.01. The summed E-state index contributed by atoms with van der Waals surface area (Å²) in [5.74, 6) is 0. The van der Waals surface area contributed by atoms with Gasteiger partial charge in [-0.05, 0) is 38.1 Å². The molecule has 1 aromatic heterocycles. The maximum atomic E-state index is 4.61. The molecule has 3 heteroatoms. The topological polar surface area (TPSA) is 16.1 Å². The maximum Gasteiger partial charge on any atom is 0.0965 e. The Labute approximate surface area is 115 Å². The zero-order chi connectivity index (χ0) is 13.2. The van der Waals surface area contributed by atoms with Gasteiger partial charge >= 0.3 is 0 Å². The summed E-state index contributed by atoms with van der Waals surface area (Å²) in [5.41, 5.74) is 1.37. The molecule has 2 heterocycles. The predicted molar refractivity (Wildman–Crippen MR) is 79.1 cm³/mol. The van der Waals surface area contributed by atoms with E-state index >= 15 is 0 Å². The van der Waals surface area contributed by atoms with Crippen molar-refractivity contribution in [1.82, 2.24) is 9.88 Å². The van der Waals surface area contributed by atoms with Gasteiger partial charge in [0.25, 0.3) is 0 Å². The zero-order valence-corrected chi connectivity index (χ0v) is 12.8. The molecule has 0 spiro atoms. The van der Waals surface area contributed by atoms with E-state index in [4.69, 9.17) is 0 Å². The molecule has 1 aliphatic heterocycles. The van der Waals surface area contributed by atoms with Crippen LogP contribution in [0.1, 0.15) is 51.6 Å². The molecular weight excluding hydrogens is 240 g/mol. The number of piperidine rings is 1. The van der Waals surface area contributed by atoms with E-state index in [0.29, 0.717) is 6.04 Å². The fraction of sp³-hybridized carbons (Fsp3) is 0.667. The number of nitrogens with zero attached hydrogens (tertiary/aromatic N) is 2. The fourth-order valence-corrected chi connectivity index (χ4v) is 3.33. The Kier molecular flexibility index (Phi) is 4.33.